The molecular formula is C41H46FN3O2. The number of fused-ring (bicyclic) bond motifs is 1. The van der Waals surface area contributed by atoms with Crippen LogP contribution in [-0.4, -0.2) is 66.9 Å². The Bertz CT molecular complexity index is 1630. The molecule has 6 heteroatoms. The van der Waals surface area contributed by atoms with Crippen molar-refractivity contribution in [1.82, 2.24) is 14.7 Å². The molecule has 0 saturated carbocycles. The van der Waals surface area contributed by atoms with Crippen molar-refractivity contribution in [1.29, 1.82) is 0 Å². The number of rotatable bonds is 14. The van der Waals surface area contributed by atoms with Crippen LogP contribution in [0.2, 0.25) is 0 Å². The molecule has 244 valence electrons. The number of ketones is 1. The maximum absolute atomic E-state index is 13.3. The molecule has 4 aromatic carbocycles. The Balaban J connectivity index is 0.890. The Morgan fingerprint density at radius 2 is 1.45 bits per heavy atom. The quantitative estimate of drug-likeness (QED) is 0.106. The number of allylic oxidation sites excluding steroid dienone is 1. The van der Waals surface area contributed by atoms with E-state index in [2.05, 4.69) is 70.3 Å². The fourth-order valence-electron chi connectivity index (χ4n) is 6.59. The predicted molar refractivity (Wildman–Crippen MR) is 188 cm³/mol. The van der Waals surface area contributed by atoms with E-state index < -0.39 is 0 Å². The molecule has 1 fully saturated rings. The van der Waals surface area contributed by atoms with Gasteiger partial charge in [-0.2, -0.15) is 0 Å². The molecule has 1 aliphatic heterocycles. The highest BCUT2D eigenvalue weighted by atomic mass is 19.1. The lowest BCUT2D eigenvalue weighted by molar-refractivity contribution is 0.104. The smallest absolute Gasteiger partial charge is 0.189 e. The van der Waals surface area contributed by atoms with Crippen molar-refractivity contribution in [2.75, 3.05) is 46.4 Å². The monoisotopic (exact) mass is 631 g/mol. The van der Waals surface area contributed by atoms with Gasteiger partial charge in [-0.3, -0.25) is 14.6 Å². The minimum atomic E-state index is -0.176. The first kappa shape index (κ1) is 32.8. The number of piperazine rings is 1. The summed E-state index contributed by atoms with van der Waals surface area (Å²) in [4.78, 5) is 20.6. The summed E-state index contributed by atoms with van der Waals surface area (Å²) in [5, 5.41) is 0. The van der Waals surface area contributed by atoms with E-state index in [1.165, 1.54) is 16.7 Å². The number of hydrogen-bond acceptors (Lipinski definition) is 5. The summed E-state index contributed by atoms with van der Waals surface area (Å²) in [5.41, 5.74) is 7.47. The second-order valence-electron chi connectivity index (χ2n) is 13.0. The van der Waals surface area contributed by atoms with Gasteiger partial charge in [-0.1, -0.05) is 72.8 Å². The van der Waals surface area contributed by atoms with Gasteiger partial charge in [-0.15, -0.1) is 0 Å². The van der Waals surface area contributed by atoms with Crippen LogP contribution in [0, 0.1) is 5.82 Å². The average molecular weight is 632 g/mol. The van der Waals surface area contributed by atoms with Crippen LogP contribution in [0.3, 0.4) is 0 Å². The number of Topliss-reactive ketones (excluding diaryl/α,β-unsaturated/α-hetero) is 1. The lowest BCUT2D eigenvalue weighted by Crippen LogP contribution is -2.46. The number of hydrogen-bond donors (Lipinski definition) is 0. The number of ether oxygens (including phenoxy) is 1. The number of carbonyl (C=O) groups excluding carboxylic acids is 1. The topological polar surface area (TPSA) is 36.0 Å². The summed E-state index contributed by atoms with van der Waals surface area (Å²) in [6, 6.07) is 31.9. The van der Waals surface area contributed by atoms with Gasteiger partial charge in [-0.25, -0.2) is 4.39 Å². The Morgan fingerprint density at radius 3 is 2.19 bits per heavy atom. The van der Waals surface area contributed by atoms with Crippen molar-refractivity contribution in [3.05, 3.63) is 142 Å². The number of benzene rings is 4. The molecular weight excluding hydrogens is 585 g/mol. The Morgan fingerprint density at radius 1 is 0.766 bits per heavy atom. The average Bonchev–Trinajstić information content (AvgIpc) is 3.39. The Kier molecular flexibility index (Phi) is 11.3. The third-order valence-electron chi connectivity index (χ3n) is 9.24. The van der Waals surface area contributed by atoms with Crippen LogP contribution < -0.4 is 4.74 Å². The van der Waals surface area contributed by atoms with Crippen LogP contribution >= 0.6 is 0 Å². The largest absolute Gasteiger partial charge is 0.494 e. The van der Waals surface area contributed by atoms with Crippen LogP contribution in [0.15, 0.2) is 103 Å². The second-order valence-corrected chi connectivity index (χ2v) is 13.0. The molecule has 4 aromatic rings. The van der Waals surface area contributed by atoms with E-state index in [0.29, 0.717) is 13.0 Å². The van der Waals surface area contributed by atoms with E-state index in [-0.39, 0.29) is 11.6 Å². The van der Waals surface area contributed by atoms with Crippen molar-refractivity contribution in [2.45, 2.75) is 45.3 Å². The Hall–Kier alpha value is -4.10. The van der Waals surface area contributed by atoms with Crippen molar-refractivity contribution >= 4 is 11.9 Å². The number of carbonyl (C=O) groups is 1. The van der Waals surface area contributed by atoms with Crippen molar-refractivity contribution in [3.63, 3.8) is 0 Å². The van der Waals surface area contributed by atoms with E-state index in [0.717, 1.165) is 99.6 Å². The summed E-state index contributed by atoms with van der Waals surface area (Å²) in [6.45, 7) is 8.70. The normalized spacial score (nSPS) is 16.2. The maximum atomic E-state index is 13.3. The SMILES string of the molecule is CN(Cc1ccccc1)Cc1ccc(/C=C2\Cc3ccc(OCCCCCN4CCN(Cc5ccc(F)cc5)CC4)cc3C2=O)cc1. The third kappa shape index (κ3) is 9.48. The number of halogens is 1. The fraction of sp³-hybridized carbons (Fsp3) is 0.341. The summed E-state index contributed by atoms with van der Waals surface area (Å²) < 4.78 is 19.2. The molecule has 0 spiro atoms. The molecule has 0 N–H and O–H groups in total. The summed E-state index contributed by atoms with van der Waals surface area (Å²) in [7, 11) is 2.14. The van der Waals surface area contributed by atoms with E-state index in [4.69, 9.17) is 4.74 Å². The van der Waals surface area contributed by atoms with Gasteiger partial charge in [0.1, 0.15) is 11.6 Å². The van der Waals surface area contributed by atoms with Gasteiger partial charge in [0.05, 0.1) is 6.61 Å². The molecule has 1 heterocycles. The van der Waals surface area contributed by atoms with Gasteiger partial charge < -0.3 is 9.64 Å². The number of nitrogens with zero attached hydrogens (tertiary/aromatic N) is 3. The molecule has 6 rings (SSSR count). The van der Waals surface area contributed by atoms with Gasteiger partial charge in [0, 0.05) is 63.4 Å². The zero-order chi connectivity index (χ0) is 32.4. The predicted octanol–water partition coefficient (Wildman–Crippen LogP) is 7.65. The summed E-state index contributed by atoms with van der Waals surface area (Å²) in [6.07, 6.45) is 5.97. The van der Waals surface area contributed by atoms with E-state index in [1.807, 2.05) is 42.5 Å². The van der Waals surface area contributed by atoms with E-state index >= 15 is 0 Å². The maximum Gasteiger partial charge on any atom is 0.189 e. The molecule has 0 radical (unpaired) electrons. The highest BCUT2D eigenvalue weighted by Gasteiger charge is 2.25. The molecule has 47 heavy (non-hydrogen) atoms. The first-order valence-electron chi connectivity index (χ1n) is 17.0. The minimum Gasteiger partial charge on any atom is -0.494 e. The van der Waals surface area contributed by atoms with Crippen LogP contribution in [-0.2, 0) is 26.1 Å². The lowest BCUT2D eigenvalue weighted by Gasteiger charge is -2.34. The van der Waals surface area contributed by atoms with Crippen LogP contribution in [0.5, 0.6) is 5.75 Å². The van der Waals surface area contributed by atoms with Gasteiger partial charge in [0.25, 0.3) is 0 Å². The molecule has 0 aromatic heterocycles. The molecule has 0 bridgehead atoms. The molecule has 0 unspecified atom stereocenters. The van der Waals surface area contributed by atoms with Crippen LogP contribution in [0.1, 0.15) is 57.4 Å². The molecule has 1 aliphatic carbocycles. The first-order valence-corrected chi connectivity index (χ1v) is 17.0. The molecule has 0 amide bonds. The number of unbranched alkanes of at least 4 members (excludes halogenated alkanes) is 2. The van der Waals surface area contributed by atoms with Crippen LogP contribution in [0.25, 0.3) is 6.08 Å². The zero-order valence-electron chi connectivity index (χ0n) is 27.5. The van der Waals surface area contributed by atoms with Gasteiger partial charge in [-0.05, 0) is 91.0 Å². The zero-order valence-corrected chi connectivity index (χ0v) is 27.5. The summed E-state index contributed by atoms with van der Waals surface area (Å²) in [5.74, 6) is 0.708. The molecule has 1 saturated heterocycles. The second kappa shape index (κ2) is 16.1. The highest BCUT2D eigenvalue weighted by molar-refractivity contribution is 6.15. The standard InChI is InChI=1S/C41H46FN3O2/c1-43(29-33-8-4-2-5-9-33)30-34-12-10-32(11-13-34)26-37-27-36-16-19-39(28-40(36)41(37)46)47-25-7-3-6-20-44-21-23-45(24-22-44)31-35-14-17-38(42)18-15-35/h2,4-5,8-19,26,28H,3,6-7,20-25,27,29-31H2,1H3/b37-26+. The minimum absolute atomic E-state index is 0.106. The van der Waals surface area contributed by atoms with Gasteiger partial charge >= 0.3 is 0 Å². The molecule has 2 aliphatic rings. The van der Waals surface area contributed by atoms with Gasteiger partial charge in [0.15, 0.2) is 5.78 Å². The van der Waals surface area contributed by atoms with E-state index in [1.54, 1.807) is 12.1 Å². The lowest BCUT2D eigenvalue weighted by atomic mass is 10.1. The van der Waals surface area contributed by atoms with E-state index in [9.17, 15) is 9.18 Å². The highest BCUT2D eigenvalue weighted by Crippen LogP contribution is 2.31. The van der Waals surface area contributed by atoms with Crippen molar-refractivity contribution < 1.29 is 13.9 Å². The summed E-state index contributed by atoms with van der Waals surface area (Å²) >= 11 is 0. The molecule has 0 atom stereocenters. The van der Waals surface area contributed by atoms with Crippen molar-refractivity contribution in [3.8, 4) is 5.75 Å². The van der Waals surface area contributed by atoms with Gasteiger partial charge in [0.2, 0.25) is 0 Å². The molecule has 5 nitrogen and oxygen atoms in total. The third-order valence-corrected chi connectivity index (χ3v) is 9.24. The van der Waals surface area contributed by atoms with Crippen LogP contribution in [0.4, 0.5) is 4.39 Å². The fourth-order valence-corrected chi connectivity index (χ4v) is 6.59. The Labute approximate surface area is 279 Å². The first-order chi connectivity index (χ1) is 23.0. The van der Waals surface area contributed by atoms with Crippen molar-refractivity contribution in [2.24, 2.45) is 0 Å².